The number of nitrogens with two attached hydrogens (primary N) is 1. The summed E-state index contributed by atoms with van der Waals surface area (Å²) in [5, 5.41) is 4.14. The zero-order chi connectivity index (χ0) is 12.3. The highest BCUT2D eigenvalue weighted by Crippen LogP contribution is 2.24. The first-order valence-corrected chi connectivity index (χ1v) is 6.58. The van der Waals surface area contributed by atoms with Crippen molar-refractivity contribution in [1.29, 1.82) is 0 Å². The molecule has 0 spiro atoms. The third-order valence-electron chi connectivity index (χ3n) is 2.61. The Bertz CT molecular complexity index is 474. The van der Waals surface area contributed by atoms with Gasteiger partial charge in [0.25, 0.3) is 0 Å². The van der Waals surface area contributed by atoms with Gasteiger partial charge in [-0.1, -0.05) is 42.6 Å². The average molecular weight is 247 g/mol. The smallest absolute Gasteiger partial charge is 0.110 e. The summed E-state index contributed by atoms with van der Waals surface area (Å²) in [4.78, 5) is 1.04. The highest BCUT2D eigenvalue weighted by molar-refractivity contribution is 7.05. The van der Waals surface area contributed by atoms with Crippen LogP contribution in [0.4, 0.5) is 0 Å². The highest BCUT2D eigenvalue weighted by Gasteiger charge is 2.08. The number of aromatic nitrogens is 2. The van der Waals surface area contributed by atoms with E-state index in [4.69, 9.17) is 5.73 Å². The monoisotopic (exact) mass is 247 g/mol. The molecule has 0 saturated heterocycles. The van der Waals surface area contributed by atoms with E-state index in [-0.39, 0.29) is 0 Å². The molecule has 2 rings (SSSR count). The lowest BCUT2D eigenvalue weighted by Crippen LogP contribution is -1.96. The van der Waals surface area contributed by atoms with Crippen molar-refractivity contribution in [3.63, 3.8) is 0 Å². The zero-order valence-electron chi connectivity index (χ0n) is 10.2. The normalized spacial score (nSPS) is 11.1. The quantitative estimate of drug-likeness (QED) is 0.903. The van der Waals surface area contributed by atoms with Crippen molar-refractivity contribution >= 4 is 11.5 Å². The minimum atomic E-state index is 0.501. The predicted octanol–water partition coefficient (Wildman–Crippen LogP) is 2.86. The van der Waals surface area contributed by atoms with Crippen LogP contribution in [0.2, 0.25) is 0 Å². The van der Waals surface area contributed by atoms with Crippen LogP contribution in [0.15, 0.2) is 24.3 Å². The van der Waals surface area contributed by atoms with Crippen molar-refractivity contribution in [3.05, 3.63) is 34.7 Å². The second kappa shape index (κ2) is 5.38. The molecule has 0 fully saturated rings. The molecule has 1 aromatic heterocycles. The molecule has 90 valence electrons. The molecule has 0 aliphatic rings. The molecular formula is C13H17N3S. The van der Waals surface area contributed by atoms with Crippen molar-refractivity contribution in [2.75, 3.05) is 0 Å². The van der Waals surface area contributed by atoms with Gasteiger partial charge in [-0.15, -0.1) is 5.10 Å². The number of nitrogens with zero attached hydrogens (tertiary/aromatic N) is 2. The molecule has 1 heterocycles. The van der Waals surface area contributed by atoms with Crippen LogP contribution >= 0.6 is 11.5 Å². The minimum absolute atomic E-state index is 0.501. The third kappa shape index (κ3) is 2.90. The lowest BCUT2D eigenvalue weighted by Gasteiger charge is -2.05. The van der Waals surface area contributed by atoms with Crippen molar-refractivity contribution < 1.29 is 0 Å². The van der Waals surface area contributed by atoms with Gasteiger partial charge in [-0.05, 0) is 29.4 Å². The van der Waals surface area contributed by atoms with E-state index in [1.807, 2.05) is 0 Å². The third-order valence-corrected chi connectivity index (χ3v) is 3.36. The molecule has 3 nitrogen and oxygen atoms in total. The summed E-state index contributed by atoms with van der Waals surface area (Å²) in [7, 11) is 0. The molecule has 0 radical (unpaired) electrons. The van der Waals surface area contributed by atoms with Crippen LogP contribution in [0.25, 0.3) is 11.3 Å². The van der Waals surface area contributed by atoms with Gasteiger partial charge in [-0.25, -0.2) is 0 Å². The van der Waals surface area contributed by atoms with Crippen LogP contribution < -0.4 is 5.73 Å². The predicted molar refractivity (Wildman–Crippen MR) is 71.8 cm³/mol. The topological polar surface area (TPSA) is 51.8 Å². The largest absolute Gasteiger partial charge is 0.326 e. The van der Waals surface area contributed by atoms with Gasteiger partial charge in [0.1, 0.15) is 5.69 Å². The average Bonchev–Trinajstić information content (AvgIpc) is 2.77. The summed E-state index contributed by atoms with van der Waals surface area (Å²) < 4.78 is 3.95. The van der Waals surface area contributed by atoms with Gasteiger partial charge in [-0.3, -0.25) is 0 Å². The van der Waals surface area contributed by atoms with Crippen LogP contribution in [0, 0.1) is 5.92 Å². The molecule has 1 aromatic carbocycles. The molecule has 0 unspecified atom stereocenters. The van der Waals surface area contributed by atoms with Crippen molar-refractivity contribution in [2.45, 2.75) is 26.8 Å². The van der Waals surface area contributed by atoms with Crippen LogP contribution in [0.5, 0.6) is 0 Å². The summed E-state index contributed by atoms with van der Waals surface area (Å²) in [5.74, 6) is 0.682. The Morgan fingerprint density at radius 2 is 1.94 bits per heavy atom. The zero-order valence-corrected chi connectivity index (χ0v) is 11.0. The van der Waals surface area contributed by atoms with Gasteiger partial charge in [0, 0.05) is 12.1 Å². The minimum Gasteiger partial charge on any atom is -0.326 e. The second-order valence-electron chi connectivity index (χ2n) is 4.54. The van der Waals surface area contributed by atoms with E-state index in [0.717, 1.165) is 22.6 Å². The van der Waals surface area contributed by atoms with Crippen LogP contribution in [0.3, 0.4) is 0 Å². The molecule has 2 N–H and O–H groups in total. The Kier molecular flexibility index (Phi) is 3.86. The molecule has 2 aromatic rings. The molecule has 0 saturated carbocycles. The van der Waals surface area contributed by atoms with Gasteiger partial charge < -0.3 is 5.73 Å². The summed E-state index contributed by atoms with van der Waals surface area (Å²) >= 11 is 1.37. The molecule has 0 aliphatic heterocycles. The lowest BCUT2D eigenvalue weighted by molar-refractivity contribution is 0.647. The first-order chi connectivity index (χ1) is 8.20. The van der Waals surface area contributed by atoms with Crippen molar-refractivity contribution in [2.24, 2.45) is 11.7 Å². The Balaban J connectivity index is 2.23. The maximum absolute atomic E-state index is 5.66. The molecule has 0 bridgehead atoms. The number of benzene rings is 1. The van der Waals surface area contributed by atoms with E-state index in [9.17, 15) is 0 Å². The van der Waals surface area contributed by atoms with E-state index in [1.54, 1.807) is 0 Å². The first-order valence-electron chi connectivity index (χ1n) is 5.81. The van der Waals surface area contributed by atoms with Crippen molar-refractivity contribution in [1.82, 2.24) is 9.59 Å². The Labute approximate surface area is 106 Å². The molecule has 0 aliphatic carbocycles. The van der Waals surface area contributed by atoms with E-state index in [0.29, 0.717) is 12.5 Å². The Morgan fingerprint density at radius 3 is 2.53 bits per heavy atom. The number of hydrogen-bond donors (Lipinski definition) is 1. The van der Waals surface area contributed by atoms with Crippen LogP contribution in [0.1, 0.15) is 24.3 Å². The standard InChI is InChI=1S/C13H17N3S/c1-9(2)7-10-3-5-11(6-4-10)13-12(8-14)17-16-15-13/h3-6,9H,7-8,14H2,1-2H3. The van der Waals surface area contributed by atoms with E-state index in [1.165, 1.54) is 17.1 Å². The summed E-state index contributed by atoms with van der Waals surface area (Å²) in [5.41, 5.74) is 9.05. The summed E-state index contributed by atoms with van der Waals surface area (Å²) in [6.45, 7) is 4.95. The van der Waals surface area contributed by atoms with Gasteiger partial charge in [0.2, 0.25) is 0 Å². The fraction of sp³-hybridized carbons (Fsp3) is 0.385. The van der Waals surface area contributed by atoms with E-state index < -0.39 is 0 Å². The molecule has 0 amide bonds. The van der Waals surface area contributed by atoms with Gasteiger partial charge in [-0.2, -0.15) is 0 Å². The Morgan fingerprint density at radius 1 is 1.24 bits per heavy atom. The first kappa shape index (κ1) is 12.2. The van der Waals surface area contributed by atoms with Gasteiger partial charge in [0.15, 0.2) is 0 Å². The van der Waals surface area contributed by atoms with E-state index in [2.05, 4.69) is 47.7 Å². The van der Waals surface area contributed by atoms with Gasteiger partial charge in [0.05, 0.1) is 4.88 Å². The fourth-order valence-electron chi connectivity index (χ4n) is 1.83. The van der Waals surface area contributed by atoms with Crippen LogP contribution in [-0.2, 0) is 13.0 Å². The Hall–Kier alpha value is -1.26. The summed E-state index contributed by atoms with van der Waals surface area (Å²) in [6, 6.07) is 8.53. The maximum Gasteiger partial charge on any atom is 0.110 e. The molecule has 0 atom stereocenters. The van der Waals surface area contributed by atoms with Crippen LogP contribution in [-0.4, -0.2) is 9.59 Å². The SMILES string of the molecule is CC(C)Cc1ccc(-c2nnsc2CN)cc1. The summed E-state index contributed by atoms with van der Waals surface area (Å²) in [6.07, 6.45) is 1.11. The maximum atomic E-state index is 5.66. The number of rotatable bonds is 4. The second-order valence-corrected chi connectivity index (χ2v) is 5.38. The van der Waals surface area contributed by atoms with E-state index >= 15 is 0 Å². The van der Waals surface area contributed by atoms with Crippen molar-refractivity contribution in [3.8, 4) is 11.3 Å². The highest BCUT2D eigenvalue weighted by atomic mass is 32.1. The molecule has 17 heavy (non-hydrogen) atoms. The molecular weight excluding hydrogens is 230 g/mol. The molecule has 4 heteroatoms. The lowest BCUT2D eigenvalue weighted by atomic mass is 10.0. The van der Waals surface area contributed by atoms with Gasteiger partial charge >= 0.3 is 0 Å². The number of hydrogen-bond acceptors (Lipinski definition) is 4. The fourth-order valence-corrected chi connectivity index (χ4v) is 2.37.